The van der Waals surface area contributed by atoms with E-state index in [0.29, 0.717) is 6.04 Å². The molecule has 18 heavy (non-hydrogen) atoms. The monoisotopic (exact) mass is 250 g/mol. The van der Waals surface area contributed by atoms with Gasteiger partial charge in [0.2, 0.25) is 0 Å². The molecule has 1 aliphatic rings. The first-order chi connectivity index (χ1) is 8.75. The van der Waals surface area contributed by atoms with Crippen molar-refractivity contribution in [2.24, 2.45) is 5.92 Å². The van der Waals surface area contributed by atoms with E-state index >= 15 is 0 Å². The summed E-state index contributed by atoms with van der Waals surface area (Å²) >= 11 is 0. The van der Waals surface area contributed by atoms with Crippen molar-refractivity contribution >= 4 is 0 Å². The van der Waals surface area contributed by atoms with Gasteiger partial charge >= 0.3 is 0 Å². The molecule has 0 amide bonds. The molecule has 0 spiro atoms. The van der Waals surface area contributed by atoms with E-state index in [9.17, 15) is 0 Å². The molecule has 0 bridgehead atoms. The van der Waals surface area contributed by atoms with Crippen LogP contribution in [-0.2, 0) is 17.8 Å². The fourth-order valence-electron chi connectivity index (χ4n) is 2.38. The van der Waals surface area contributed by atoms with E-state index in [1.54, 1.807) is 0 Å². The van der Waals surface area contributed by atoms with Crippen LogP contribution in [0, 0.1) is 5.92 Å². The molecular weight excluding hydrogens is 224 g/mol. The molecule has 0 saturated carbocycles. The van der Waals surface area contributed by atoms with Crippen LogP contribution in [0.3, 0.4) is 0 Å². The van der Waals surface area contributed by atoms with Crippen LogP contribution < -0.4 is 5.32 Å². The minimum atomic E-state index is 0.534. The molecule has 1 aromatic heterocycles. The molecule has 1 aromatic rings. The highest BCUT2D eigenvalue weighted by molar-refractivity contribution is 5.07. The molecule has 102 valence electrons. The first kappa shape index (κ1) is 13.6. The molecule has 3 nitrogen and oxygen atoms in total. The van der Waals surface area contributed by atoms with Crippen molar-refractivity contribution < 1.29 is 4.74 Å². The van der Waals surface area contributed by atoms with E-state index < -0.39 is 0 Å². The lowest BCUT2D eigenvalue weighted by Crippen LogP contribution is -2.36. The van der Waals surface area contributed by atoms with Crippen LogP contribution in [0.5, 0.6) is 0 Å². The lowest BCUT2D eigenvalue weighted by atomic mass is 10.1. The molecule has 1 fully saturated rings. The molecule has 1 saturated heterocycles. The number of nitrogens with one attached hydrogen (secondary N) is 1. The van der Waals surface area contributed by atoms with Crippen molar-refractivity contribution in [2.75, 3.05) is 13.2 Å². The Balaban J connectivity index is 1.79. The normalized spacial score (nSPS) is 20.5. The van der Waals surface area contributed by atoms with Crippen molar-refractivity contribution in [3.63, 3.8) is 0 Å². The van der Waals surface area contributed by atoms with Gasteiger partial charge in [-0.2, -0.15) is 0 Å². The van der Waals surface area contributed by atoms with Gasteiger partial charge in [-0.05, 0) is 37.3 Å². The zero-order chi connectivity index (χ0) is 12.8. The maximum Gasteiger partial charge on any atom is 0.0619 e. The van der Waals surface area contributed by atoms with Crippen LogP contribution >= 0.6 is 0 Å². The molecule has 1 atom stereocenters. The molecule has 2 heterocycles. The highest BCUT2D eigenvalue weighted by Gasteiger charge is 2.13. The minimum Gasteiger partial charge on any atom is -0.380 e. The Hall–Kier alpha value is -0.800. The molecule has 1 N–H and O–H groups in total. The number of hydrogen-bond acceptors (Lipinski definition) is 2. The molecule has 1 unspecified atom stereocenters. The Morgan fingerprint density at radius 1 is 1.50 bits per heavy atom. The summed E-state index contributed by atoms with van der Waals surface area (Å²) in [6.45, 7) is 8.44. The highest BCUT2D eigenvalue weighted by atomic mass is 16.5. The standard InChI is InChI=1S/C15H26N2O/c1-13(2)7-9-17-8-3-6-15(17)11-16-14-5-4-10-18-12-14/h3,6,8,13-14,16H,4-5,7,9-12H2,1-2H3. The van der Waals surface area contributed by atoms with E-state index in [4.69, 9.17) is 4.74 Å². The number of rotatable bonds is 6. The molecule has 0 aromatic carbocycles. The van der Waals surface area contributed by atoms with E-state index in [1.807, 2.05) is 0 Å². The molecule has 1 aliphatic heterocycles. The zero-order valence-electron chi connectivity index (χ0n) is 11.7. The van der Waals surface area contributed by atoms with Crippen LogP contribution in [0.4, 0.5) is 0 Å². The van der Waals surface area contributed by atoms with E-state index in [1.165, 1.54) is 25.0 Å². The number of aromatic nitrogens is 1. The van der Waals surface area contributed by atoms with Crippen LogP contribution in [0.15, 0.2) is 18.3 Å². The fraction of sp³-hybridized carbons (Fsp3) is 0.733. The third-order valence-corrected chi connectivity index (χ3v) is 3.60. The Morgan fingerprint density at radius 2 is 2.39 bits per heavy atom. The maximum absolute atomic E-state index is 5.49. The topological polar surface area (TPSA) is 26.2 Å². The van der Waals surface area contributed by atoms with Crippen LogP contribution in [0.25, 0.3) is 0 Å². The smallest absolute Gasteiger partial charge is 0.0619 e. The molecule has 0 radical (unpaired) electrons. The summed E-state index contributed by atoms with van der Waals surface area (Å²) in [6, 6.07) is 4.90. The van der Waals surface area contributed by atoms with E-state index in [2.05, 4.69) is 42.1 Å². The zero-order valence-corrected chi connectivity index (χ0v) is 11.7. The summed E-state index contributed by atoms with van der Waals surface area (Å²) in [7, 11) is 0. The molecular formula is C15H26N2O. The third-order valence-electron chi connectivity index (χ3n) is 3.60. The number of ether oxygens (including phenoxy) is 1. The second kappa shape index (κ2) is 6.95. The van der Waals surface area contributed by atoms with E-state index in [0.717, 1.165) is 32.2 Å². The van der Waals surface area contributed by atoms with Gasteiger partial charge in [-0.15, -0.1) is 0 Å². The largest absolute Gasteiger partial charge is 0.380 e. The molecule has 3 heteroatoms. The van der Waals surface area contributed by atoms with Gasteiger partial charge < -0.3 is 14.6 Å². The predicted molar refractivity (Wildman–Crippen MR) is 74.6 cm³/mol. The van der Waals surface area contributed by atoms with Gasteiger partial charge in [-0.3, -0.25) is 0 Å². The SMILES string of the molecule is CC(C)CCn1cccc1CNC1CCCOC1. The van der Waals surface area contributed by atoms with Crippen molar-refractivity contribution in [1.29, 1.82) is 0 Å². The summed E-state index contributed by atoms with van der Waals surface area (Å²) in [5, 5.41) is 3.61. The van der Waals surface area contributed by atoms with Crippen LogP contribution in [0.1, 0.15) is 38.8 Å². The second-order valence-corrected chi connectivity index (χ2v) is 5.67. The Labute approximate surface area is 111 Å². The predicted octanol–water partition coefficient (Wildman–Crippen LogP) is 2.80. The summed E-state index contributed by atoms with van der Waals surface area (Å²) < 4.78 is 7.86. The quantitative estimate of drug-likeness (QED) is 0.840. The van der Waals surface area contributed by atoms with Crippen molar-refractivity contribution in [3.05, 3.63) is 24.0 Å². The first-order valence-electron chi connectivity index (χ1n) is 7.21. The fourth-order valence-corrected chi connectivity index (χ4v) is 2.38. The van der Waals surface area contributed by atoms with Crippen molar-refractivity contribution in [3.8, 4) is 0 Å². The van der Waals surface area contributed by atoms with Crippen LogP contribution in [-0.4, -0.2) is 23.8 Å². The van der Waals surface area contributed by atoms with Crippen molar-refractivity contribution in [1.82, 2.24) is 9.88 Å². The second-order valence-electron chi connectivity index (χ2n) is 5.67. The minimum absolute atomic E-state index is 0.534. The van der Waals surface area contributed by atoms with Gasteiger partial charge in [-0.25, -0.2) is 0 Å². The Kier molecular flexibility index (Phi) is 5.26. The molecule has 0 aliphatic carbocycles. The van der Waals surface area contributed by atoms with Gasteiger partial charge in [0.25, 0.3) is 0 Å². The van der Waals surface area contributed by atoms with Gasteiger partial charge in [0.1, 0.15) is 0 Å². The summed E-state index contributed by atoms with van der Waals surface area (Å²) in [6.07, 6.45) is 5.86. The lowest BCUT2D eigenvalue weighted by Gasteiger charge is -2.23. The average molecular weight is 250 g/mol. The maximum atomic E-state index is 5.49. The number of hydrogen-bond donors (Lipinski definition) is 1. The van der Waals surface area contributed by atoms with Gasteiger partial charge in [-0.1, -0.05) is 13.8 Å². The van der Waals surface area contributed by atoms with Gasteiger partial charge in [0.05, 0.1) is 6.61 Å². The Bertz CT molecular complexity index is 340. The van der Waals surface area contributed by atoms with E-state index in [-0.39, 0.29) is 0 Å². The number of nitrogens with zero attached hydrogens (tertiary/aromatic N) is 1. The number of aryl methyl sites for hydroxylation is 1. The van der Waals surface area contributed by atoms with Crippen LogP contribution in [0.2, 0.25) is 0 Å². The summed E-state index contributed by atoms with van der Waals surface area (Å²) in [5.41, 5.74) is 1.39. The van der Waals surface area contributed by atoms with Crippen molar-refractivity contribution in [2.45, 2.75) is 52.2 Å². The van der Waals surface area contributed by atoms with Gasteiger partial charge in [0, 0.05) is 37.6 Å². The molecule has 2 rings (SSSR count). The average Bonchev–Trinajstić information content (AvgIpc) is 2.82. The summed E-state index contributed by atoms with van der Waals surface area (Å²) in [4.78, 5) is 0. The first-order valence-corrected chi connectivity index (χ1v) is 7.21. The summed E-state index contributed by atoms with van der Waals surface area (Å²) in [5.74, 6) is 0.764. The highest BCUT2D eigenvalue weighted by Crippen LogP contribution is 2.10. The lowest BCUT2D eigenvalue weighted by molar-refractivity contribution is 0.0697. The Morgan fingerprint density at radius 3 is 3.11 bits per heavy atom. The third kappa shape index (κ3) is 4.14. The van der Waals surface area contributed by atoms with Gasteiger partial charge in [0.15, 0.2) is 0 Å².